The Morgan fingerprint density at radius 3 is 2.75 bits per heavy atom. The summed E-state index contributed by atoms with van der Waals surface area (Å²) in [6.07, 6.45) is 0. The highest BCUT2D eigenvalue weighted by Gasteiger charge is 2.17. The summed E-state index contributed by atoms with van der Waals surface area (Å²) in [7, 11) is 1.93. The van der Waals surface area contributed by atoms with Gasteiger partial charge in [0.05, 0.1) is 5.88 Å². The standard InChI is InChI=1S/C12H11Cl2NO/c1-7-12(11(16)6-13)9-5-8(14)3-4-10(9)15(7)2/h3-5H,6H2,1-2H3. The van der Waals surface area contributed by atoms with Crippen molar-refractivity contribution in [1.29, 1.82) is 0 Å². The number of Topliss-reactive ketones (excluding diaryl/α,β-unsaturated/α-hetero) is 1. The van der Waals surface area contributed by atoms with Gasteiger partial charge in [-0.3, -0.25) is 4.79 Å². The minimum Gasteiger partial charge on any atom is -0.347 e. The van der Waals surface area contributed by atoms with Gasteiger partial charge in [0.15, 0.2) is 5.78 Å². The maximum absolute atomic E-state index is 11.8. The van der Waals surface area contributed by atoms with E-state index in [2.05, 4.69) is 0 Å². The second kappa shape index (κ2) is 4.11. The third kappa shape index (κ3) is 1.62. The van der Waals surface area contributed by atoms with E-state index in [1.807, 2.05) is 36.7 Å². The molecule has 0 bridgehead atoms. The lowest BCUT2D eigenvalue weighted by atomic mass is 10.1. The van der Waals surface area contributed by atoms with E-state index in [0.29, 0.717) is 10.6 Å². The van der Waals surface area contributed by atoms with Gasteiger partial charge in [0.1, 0.15) is 0 Å². The highest BCUT2D eigenvalue weighted by molar-refractivity contribution is 6.33. The number of carbonyl (C=O) groups is 1. The van der Waals surface area contributed by atoms with E-state index >= 15 is 0 Å². The first-order chi connectivity index (χ1) is 7.56. The molecule has 0 radical (unpaired) electrons. The molecule has 0 unspecified atom stereocenters. The summed E-state index contributed by atoms with van der Waals surface area (Å²) in [6, 6.07) is 5.54. The predicted molar refractivity (Wildman–Crippen MR) is 67.7 cm³/mol. The third-order valence-corrected chi connectivity index (χ3v) is 3.33. The Kier molecular flexibility index (Phi) is 2.96. The van der Waals surface area contributed by atoms with Crippen molar-refractivity contribution < 1.29 is 4.79 Å². The van der Waals surface area contributed by atoms with Gasteiger partial charge in [0.25, 0.3) is 0 Å². The molecule has 0 aliphatic carbocycles. The largest absolute Gasteiger partial charge is 0.347 e. The van der Waals surface area contributed by atoms with Crippen LogP contribution in [0, 0.1) is 6.92 Å². The molecule has 0 fully saturated rings. The van der Waals surface area contributed by atoms with Crippen LogP contribution in [-0.2, 0) is 7.05 Å². The zero-order valence-corrected chi connectivity index (χ0v) is 10.6. The zero-order valence-electron chi connectivity index (χ0n) is 9.05. The number of hydrogen-bond donors (Lipinski definition) is 0. The molecule has 0 atom stereocenters. The summed E-state index contributed by atoms with van der Waals surface area (Å²) < 4.78 is 1.98. The second-order valence-electron chi connectivity index (χ2n) is 3.74. The summed E-state index contributed by atoms with van der Waals surface area (Å²) in [5, 5.41) is 1.50. The van der Waals surface area contributed by atoms with Crippen molar-refractivity contribution in [2.24, 2.45) is 7.05 Å². The fourth-order valence-corrected chi connectivity index (χ4v) is 2.27. The molecular formula is C12H11Cl2NO. The number of carbonyl (C=O) groups excluding carboxylic acids is 1. The Labute approximate surface area is 104 Å². The molecule has 16 heavy (non-hydrogen) atoms. The van der Waals surface area contributed by atoms with Crippen molar-refractivity contribution in [2.75, 3.05) is 5.88 Å². The van der Waals surface area contributed by atoms with Gasteiger partial charge in [-0.1, -0.05) is 11.6 Å². The molecule has 4 heteroatoms. The van der Waals surface area contributed by atoms with Crippen LogP contribution in [0.5, 0.6) is 0 Å². The molecule has 0 amide bonds. The van der Waals surface area contributed by atoms with E-state index < -0.39 is 0 Å². The Balaban J connectivity index is 2.85. The van der Waals surface area contributed by atoms with E-state index in [0.717, 1.165) is 16.6 Å². The van der Waals surface area contributed by atoms with Crippen LogP contribution in [0.3, 0.4) is 0 Å². The minimum atomic E-state index is -0.0629. The average Bonchev–Trinajstić information content (AvgIpc) is 2.51. The second-order valence-corrected chi connectivity index (χ2v) is 4.44. The number of nitrogens with zero attached hydrogens (tertiary/aromatic N) is 1. The summed E-state index contributed by atoms with van der Waals surface area (Å²) in [5.41, 5.74) is 2.59. The fraction of sp³-hybridized carbons (Fsp3) is 0.250. The first-order valence-corrected chi connectivity index (χ1v) is 5.81. The minimum absolute atomic E-state index is 0.00747. The first kappa shape index (κ1) is 11.5. The Morgan fingerprint density at radius 2 is 2.12 bits per heavy atom. The molecule has 2 nitrogen and oxygen atoms in total. The van der Waals surface area contributed by atoms with Gasteiger partial charge >= 0.3 is 0 Å². The maximum Gasteiger partial charge on any atom is 0.180 e. The lowest BCUT2D eigenvalue weighted by Crippen LogP contribution is -2.02. The summed E-state index contributed by atoms with van der Waals surface area (Å²) in [5.74, 6) is -0.0704. The molecule has 0 spiro atoms. The Morgan fingerprint density at radius 1 is 1.44 bits per heavy atom. The molecule has 1 aromatic heterocycles. The molecule has 0 saturated heterocycles. The van der Waals surface area contributed by atoms with E-state index in [4.69, 9.17) is 23.2 Å². The van der Waals surface area contributed by atoms with Gasteiger partial charge in [-0.2, -0.15) is 0 Å². The van der Waals surface area contributed by atoms with Crippen molar-refractivity contribution in [1.82, 2.24) is 4.57 Å². The molecule has 0 N–H and O–H groups in total. The van der Waals surface area contributed by atoms with Crippen LogP contribution in [0.25, 0.3) is 10.9 Å². The van der Waals surface area contributed by atoms with Gasteiger partial charge in [-0.05, 0) is 25.1 Å². The topological polar surface area (TPSA) is 22.0 Å². The number of ketones is 1. The smallest absolute Gasteiger partial charge is 0.180 e. The molecule has 1 heterocycles. The number of aromatic nitrogens is 1. The van der Waals surface area contributed by atoms with Crippen LogP contribution >= 0.6 is 23.2 Å². The Bertz CT molecular complexity index is 572. The summed E-state index contributed by atoms with van der Waals surface area (Å²) in [4.78, 5) is 11.8. The van der Waals surface area contributed by atoms with Crippen LogP contribution in [0.1, 0.15) is 16.1 Å². The number of fused-ring (bicyclic) bond motifs is 1. The van der Waals surface area contributed by atoms with Crippen molar-refractivity contribution >= 4 is 39.9 Å². The van der Waals surface area contributed by atoms with Crippen LogP contribution in [0.15, 0.2) is 18.2 Å². The van der Waals surface area contributed by atoms with Crippen molar-refractivity contribution in [3.63, 3.8) is 0 Å². The molecule has 1 aromatic carbocycles. The molecule has 84 valence electrons. The van der Waals surface area contributed by atoms with Crippen LogP contribution < -0.4 is 0 Å². The molecular weight excluding hydrogens is 245 g/mol. The van der Waals surface area contributed by atoms with Crippen LogP contribution in [0.2, 0.25) is 5.02 Å². The highest BCUT2D eigenvalue weighted by Crippen LogP contribution is 2.28. The SMILES string of the molecule is Cc1c(C(=O)CCl)c2cc(Cl)ccc2n1C. The number of halogens is 2. The molecule has 0 aliphatic rings. The van der Waals surface area contributed by atoms with Crippen LogP contribution in [0.4, 0.5) is 0 Å². The summed E-state index contributed by atoms with van der Waals surface area (Å²) >= 11 is 11.6. The third-order valence-electron chi connectivity index (χ3n) is 2.85. The first-order valence-electron chi connectivity index (χ1n) is 4.90. The quantitative estimate of drug-likeness (QED) is 0.594. The van der Waals surface area contributed by atoms with Gasteiger partial charge < -0.3 is 4.57 Å². The number of hydrogen-bond acceptors (Lipinski definition) is 1. The fourth-order valence-electron chi connectivity index (χ4n) is 1.96. The number of rotatable bonds is 2. The number of alkyl halides is 1. The van der Waals surface area contributed by atoms with Crippen molar-refractivity contribution in [3.8, 4) is 0 Å². The van der Waals surface area contributed by atoms with E-state index in [-0.39, 0.29) is 11.7 Å². The van der Waals surface area contributed by atoms with Crippen LogP contribution in [-0.4, -0.2) is 16.2 Å². The molecule has 0 aliphatic heterocycles. The predicted octanol–water partition coefficient (Wildman–Crippen LogP) is 3.56. The monoisotopic (exact) mass is 255 g/mol. The maximum atomic E-state index is 11.8. The van der Waals surface area contributed by atoms with Crippen molar-refractivity contribution in [3.05, 3.63) is 34.5 Å². The van der Waals surface area contributed by atoms with Crippen molar-refractivity contribution in [2.45, 2.75) is 6.92 Å². The van der Waals surface area contributed by atoms with E-state index in [1.165, 1.54) is 0 Å². The van der Waals surface area contributed by atoms with Gasteiger partial charge in [0, 0.05) is 34.2 Å². The average molecular weight is 256 g/mol. The molecule has 0 saturated carbocycles. The lowest BCUT2D eigenvalue weighted by Gasteiger charge is -1.98. The number of benzene rings is 1. The van der Waals surface area contributed by atoms with Gasteiger partial charge in [-0.25, -0.2) is 0 Å². The molecule has 2 rings (SSSR count). The normalized spacial score (nSPS) is 11.0. The molecule has 2 aromatic rings. The summed E-state index contributed by atoms with van der Waals surface area (Å²) in [6.45, 7) is 1.91. The Hall–Kier alpha value is -0.990. The lowest BCUT2D eigenvalue weighted by molar-refractivity contribution is 0.102. The van der Waals surface area contributed by atoms with Gasteiger partial charge in [-0.15, -0.1) is 11.6 Å². The zero-order chi connectivity index (χ0) is 11.9. The van der Waals surface area contributed by atoms with Gasteiger partial charge in [0.2, 0.25) is 0 Å². The number of aryl methyl sites for hydroxylation is 1. The highest BCUT2D eigenvalue weighted by atomic mass is 35.5. The van der Waals surface area contributed by atoms with E-state index in [1.54, 1.807) is 0 Å². The van der Waals surface area contributed by atoms with E-state index in [9.17, 15) is 4.79 Å².